The minimum Gasteiger partial charge on any atom is -0.493 e. The molecule has 0 aromatic heterocycles. The molecule has 0 radical (unpaired) electrons. The summed E-state index contributed by atoms with van der Waals surface area (Å²) in [6.07, 6.45) is 9.81. The summed E-state index contributed by atoms with van der Waals surface area (Å²) in [7, 11) is 0. The summed E-state index contributed by atoms with van der Waals surface area (Å²) in [5, 5.41) is 0. The fourth-order valence-corrected chi connectivity index (χ4v) is 3.21. The molecule has 0 aliphatic carbocycles. The predicted molar refractivity (Wildman–Crippen MR) is 123 cm³/mol. The van der Waals surface area contributed by atoms with Gasteiger partial charge in [-0.1, -0.05) is 53.4 Å². The highest BCUT2D eigenvalue weighted by Crippen LogP contribution is 2.22. The van der Waals surface area contributed by atoms with E-state index in [1.165, 1.54) is 38.5 Å². The normalized spacial score (nSPS) is 10.8. The van der Waals surface area contributed by atoms with Gasteiger partial charge in [0.25, 0.3) is 0 Å². The molecule has 0 fully saturated rings. The minimum atomic E-state index is 0. The fourth-order valence-electron chi connectivity index (χ4n) is 3.21. The average molecular weight is 412 g/mol. The van der Waals surface area contributed by atoms with Gasteiger partial charge in [0.15, 0.2) is 5.78 Å². The number of halogens is 1. The summed E-state index contributed by atoms with van der Waals surface area (Å²) in [6, 6.07) is 5.98. The molecular formula is C24H42ClNO2. The molecule has 0 atom stereocenters. The quantitative estimate of drug-likeness (QED) is 0.223. The lowest BCUT2D eigenvalue weighted by Crippen LogP contribution is -2.28. The van der Waals surface area contributed by atoms with Gasteiger partial charge in [0.05, 0.1) is 6.61 Å². The second kappa shape index (κ2) is 16.9. The highest BCUT2D eigenvalue weighted by atomic mass is 35.5. The standard InChI is InChI=1S/C24H41NO2.ClH/c1-5-9-12-19-27-24-14-13-22(20-21(24)8-4)23(26)15-18-25(16-10-6-2)17-11-7-3;/h13-14,20H,5-12,15-19H2,1-4H3;1H. The number of unbranched alkanes of at least 4 members (excludes halogenated alkanes) is 4. The van der Waals surface area contributed by atoms with Crippen LogP contribution in [0, 0.1) is 0 Å². The number of hydrogen-bond acceptors (Lipinski definition) is 3. The molecule has 0 N–H and O–H groups in total. The third-order valence-electron chi connectivity index (χ3n) is 5.08. The molecular weight excluding hydrogens is 370 g/mol. The summed E-state index contributed by atoms with van der Waals surface area (Å²) in [5.74, 6) is 1.19. The number of Topliss-reactive ketones (excluding diaryl/α,β-unsaturated/α-hetero) is 1. The van der Waals surface area contributed by atoms with Gasteiger partial charge in [-0.3, -0.25) is 4.79 Å². The van der Waals surface area contributed by atoms with E-state index in [-0.39, 0.29) is 18.2 Å². The lowest BCUT2D eigenvalue weighted by Gasteiger charge is -2.21. The first-order chi connectivity index (χ1) is 13.2. The van der Waals surface area contributed by atoms with E-state index in [2.05, 4.69) is 32.6 Å². The lowest BCUT2D eigenvalue weighted by atomic mass is 10.0. The Bertz CT molecular complexity index is 525. The molecule has 1 aromatic carbocycles. The number of aryl methyl sites for hydroxylation is 1. The van der Waals surface area contributed by atoms with Crippen molar-refractivity contribution < 1.29 is 9.53 Å². The molecule has 4 heteroatoms. The summed E-state index contributed by atoms with van der Waals surface area (Å²) in [4.78, 5) is 15.2. The maximum atomic E-state index is 12.7. The Kier molecular flexibility index (Phi) is 16.2. The summed E-state index contributed by atoms with van der Waals surface area (Å²) in [6.45, 7) is 12.6. The van der Waals surface area contributed by atoms with Gasteiger partial charge >= 0.3 is 0 Å². The highest BCUT2D eigenvalue weighted by molar-refractivity contribution is 5.96. The van der Waals surface area contributed by atoms with Crippen LogP contribution >= 0.6 is 12.4 Å². The van der Waals surface area contributed by atoms with Crippen molar-refractivity contribution in [2.24, 2.45) is 0 Å². The number of nitrogens with zero attached hydrogens (tertiary/aromatic N) is 1. The lowest BCUT2D eigenvalue weighted by molar-refractivity contribution is 0.0963. The van der Waals surface area contributed by atoms with Crippen molar-refractivity contribution in [3.8, 4) is 5.75 Å². The molecule has 1 aromatic rings. The molecule has 162 valence electrons. The van der Waals surface area contributed by atoms with Crippen molar-refractivity contribution >= 4 is 18.2 Å². The molecule has 0 heterocycles. The first-order valence-electron chi connectivity index (χ1n) is 11.2. The average Bonchev–Trinajstić information content (AvgIpc) is 2.70. The van der Waals surface area contributed by atoms with Crippen LogP contribution in [-0.4, -0.2) is 36.9 Å². The minimum absolute atomic E-state index is 0. The second-order valence-corrected chi connectivity index (χ2v) is 7.45. The zero-order chi connectivity index (χ0) is 19.9. The monoisotopic (exact) mass is 411 g/mol. The van der Waals surface area contributed by atoms with Crippen molar-refractivity contribution in [1.29, 1.82) is 0 Å². The Hall–Kier alpha value is -1.06. The molecule has 1 rings (SSSR count). The zero-order valence-electron chi connectivity index (χ0n) is 18.6. The molecule has 0 saturated heterocycles. The number of benzene rings is 1. The fraction of sp³-hybridized carbons (Fsp3) is 0.708. The topological polar surface area (TPSA) is 29.5 Å². The smallest absolute Gasteiger partial charge is 0.164 e. The van der Waals surface area contributed by atoms with Crippen LogP contribution in [0.2, 0.25) is 0 Å². The van der Waals surface area contributed by atoms with Gasteiger partial charge in [-0.05, 0) is 62.5 Å². The Morgan fingerprint density at radius 2 is 1.54 bits per heavy atom. The van der Waals surface area contributed by atoms with E-state index in [0.717, 1.165) is 56.0 Å². The summed E-state index contributed by atoms with van der Waals surface area (Å²) >= 11 is 0. The van der Waals surface area contributed by atoms with E-state index in [0.29, 0.717) is 6.42 Å². The Balaban J connectivity index is 0.00000729. The Morgan fingerprint density at radius 3 is 2.11 bits per heavy atom. The molecule has 0 bridgehead atoms. The van der Waals surface area contributed by atoms with Crippen LogP contribution in [0.1, 0.15) is 95.0 Å². The van der Waals surface area contributed by atoms with Crippen molar-refractivity contribution in [2.75, 3.05) is 26.2 Å². The maximum absolute atomic E-state index is 12.7. The first kappa shape index (κ1) is 26.9. The van der Waals surface area contributed by atoms with Gasteiger partial charge in [-0.25, -0.2) is 0 Å². The highest BCUT2D eigenvalue weighted by Gasteiger charge is 2.12. The number of ether oxygens (including phenoxy) is 1. The SMILES string of the molecule is CCCCCOc1ccc(C(=O)CCN(CCCC)CCCC)cc1CC.Cl. The van der Waals surface area contributed by atoms with Gasteiger partial charge < -0.3 is 9.64 Å². The number of ketones is 1. The Morgan fingerprint density at radius 1 is 0.893 bits per heavy atom. The second-order valence-electron chi connectivity index (χ2n) is 7.45. The van der Waals surface area contributed by atoms with Crippen molar-refractivity contribution in [3.05, 3.63) is 29.3 Å². The van der Waals surface area contributed by atoms with Crippen molar-refractivity contribution in [1.82, 2.24) is 4.90 Å². The van der Waals surface area contributed by atoms with Crippen LogP contribution in [0.3, 0.4) is 0 Å². The summed E-state index contributed by atoms with van der Waals surface area (Å²) < 4.78 is 5.93. The van der Waals surface area contributed by atoms with E-state index in [1.807, 2.05) is 18.2 Å². The largest absolute Gasteiger partial charge is 0.493 e. The van der Waals surface area contributed by atoms with Crippen LogP contribution < -0.4 is 4.74 Å². The number of rotatable bonds is 16. The van der Waals surface area contributed by atoms with Crippen molar-refractivity contribution in [2.45, 2.75) is 85.5 Å². The van der Waals surface area contributed by atoms with E-state index < -0.39 is 0 Å². The van der Waals surface area contributed by atoms with Crippen LogP contribution in [0.25, 0.3) is 0 Å². The first-order valence-corrected chi connectivity index (χ1v) is 11.2. The molecule has 0 spiro atoms. The van der Waals surface area contributed by atoms with E-state index in [9.17, 15) is 4.79 Å². The number of carbonyl (C=O) groups is 1. The van der Waals surface area contributed by atoms with Crippen LogP contribution in [0.5, 0.6) is 5.75 Å². The van der Waals surface area contributed by atoms with E-state index in [1.54, 1.807) is 0 Å². The van der Waals surface area contributed by atoms with Crippen LogP contribution in [0.15, 0.2) is 18.2 Å². The van der Waals surface area contributed by atoms with Crippen LogP contribution in [0.4, 0.5) is 0 Å². The predicted octanol–water partition coefficient (Wildman–Crippen LogP) is 6.71. The molecule has 0 amide bonds. The third-order valence-corrected chi connectivity index (χ3v) is 5.08. The van der Waals surface area contributed by atoms with Gasteiger partial charge in [0, 0.05) is 18.5 Å². The maximum Gasteiger partial charge on any atom is 0.164 e. The molecule has 0 aliphatic heterocycles. The molecule has 0 saturated carbocycles. The Labute approximate surface area is 179 Å². The number of carbonyl (C=O) groups excluding carboxylic acids is 1. The molecule has 3 nitrogen and oxygen atoms in total. The van der Waals surface area contributed by atoms with E-state index in [4.69, 9.17) is 4.74 Å². The third kappa shape index (κ3) is 10.5. The van der Waals surface area contributed by atoms with E-state index >= 15 is 0 Å². The van der Waals surface area contributed by atoms with Gasteiger partial charge in [-0.15, -0.1) is 12.4 Å². The summed E-state index contributed by atoms with van der Waals surface area (Å²) in [5.41, 5.74) is 1.98. The molecule has 0 aliphatic rings. The number of hydrogen-bond donors (Lipinski definition) is 0. The van der Waals surface area contributed by atoms with Crippen molar-refractivity contribution in [3.63, 3.8) is 0 Å². The van der Waals surface area contributed by atoms with Crippen LogP contribution in [-0.2, 0) is 6.42 Å². The van der Waals surface area contributed by atoms with Gasteiger partial charge in [-0.2, -0.15) is 0 Å². The molecule has 28 heavy (non-hydrogen) atoms. The molecule has 0 unspecified atom stereocenters. The van der Waals surface area contributed by atoms with Gasteiger partial charge in [0.2, 0.25) is 0 Å². The zero-order valence-corrected chi connectivity index (χ0v) is 19.4. The van der Waals surface area contributed by atoms with Gasteiger partial charge in [0.1, 0.15) is 5.75 Å².